The first-order valence-electron chi connectivity index (χ1n) is 10.5. The summed E-state index contributed by atoms with van der Waals surface area (Å²) in [5.74, 6) is 1.23. The van der Waals surface area contributed by atoms with E-state index >= 15 is 0 Å². The van der Waals surface area contributed by atoms with E-state index in [0.29, 0.717) is 24.7 Å². The number of ether oxygens (including phenoxy) is 1. The van der Waals surface area contributed by atoms with Crippen LogP contribution in [-0.2, 0) is 14.8 Å². The monoisotopic (exact) mass is 453 g/mol. The van der Waals surface area contributed by atoms with E-state index in [-0.39, 0.29) is 5.91 Å². The first-order chi connectivity index (χ1) is 15.3. The highest BCUT2D eigenvalue weighted by Gasteiger charge is 2.24. The van der Waals surface area contributed by atoms with E-state index in [9.17, 15) is 13.2 Å². The highest BCUT2D eigenvalue weighted by molar-refractivity contribution is 7.92. The van der Waals surface area contributed by atoms with Crippen LogP contribution in [0.3, 0.4) is 0 Å². The minimum atomic E-state index is -3.30. The average Bonchev–Trinajstić information content (AvgIpc) is 3.20. The van der Waals surface area contributed by atoms with Crippen LogP contribution in [0.2, 0.25) is 0 Å². The first-order valence-corrected chi connectivity index (χ1v) is 12.4. The van der Waals surface area contributed by atoms with Crippen molar-refractivity contribution in [2.75, 3.05) is 31.2 Å². The molecular formula is C24H27N3O4S. The zero-order chi connectivity index (χ0) is 22.7. The number of benzene rings is 2. The molecule has 0 spiro atoms. The van der Waals surface area contributed by atoms with Crippen LogP contribution >= 0.6 is 0 Å². The van der Waals surface area contributed by atoms with Gasteiger partial charge in [0.2, 0.25) is 15.9 Å². The Morgan fingerprint density at radius 2 is 1.88 bits per heavy atom. The van der Waals surface area contributed by atoms with E-state index in [2.05, 4.69) is 22.0 Å². The molecule has 1 aliphatic rings. The van der Waals surface area contributed by atoms with E-state index in [0.717, 1.165) is 35.9 Å². The number of hydrogen-bond acceptors (Lipinski definition) is 4. The van der Waals surface area contributed by atoms with E-state index in [1.165, 1.54) is 10.9 Å². The van der Waals surface area contributed by atoms with Gasteiger partial charge in [-0.3, -0.25) is 9.52 Å². The fraction of sp³-hybridized carbons (Fsp3) is 0.292. The Kier molecular flexibility index (Phi) is 6.23. The van der Waals surface area contributed by atoms with E-state index < -0.39 is 10.0 Å². The number of amides is 1. The second-order valence-corrected chi connectivity index (χ2v) is 9.83. The van der Waals surface area contributed by atoms with Crippen molar-refractivity contribution < 1.29 is 17.9 Å². The summed E-state index contributed by atoms with van der Waals surface area (Å²) in [6.07, 6.45) is 8.35. The van der Waals surface area contributed by atoms with Crippen LogP contribution < -0.4 is 9.46 Å². The summed E-state index contributed by atoms with van der Waals surface area (Å²) < 4.78 is 30.4. The number of carbonyl (C=O) groups is 1. The van der Waals surface area contributed by atoms with Gasteiger partial charge in [-0.25, -0.2) is 8.42 Å². The van der Waals surface area contributed by atoms with Crippen molar-refractivity contribution in [2.24, 2.45) is 0 Å². The molecular weight excluding hydrogens is 426 g/mol. The van der Waals surface area contributed by atoms with E-state index in [4.69, 9.17) is 4.74 Å². The molecule has 168 valence electrons. The molecule has 0 radical (unpaired) electrons. The van der Waals surface area contributed by atoms with Crippen molar-refractivity contribution in [1.82, 2.24) is 9.88 Å². The van der Waals surface area contributed by atoms with Gasteiger partial charge in [0.1, 0.15) is 5.75 Å². The minimum Gasteiger partial charge on any atom is -0.497 e. The molecule has 0 atom stereocenters. The third-order valence-electron chi connectivity index (χ3n) is 5.80. The molecule has 32 heavy (non-hydrogen) atoms. The Morgan fingerprint density at radius 1 is 1.16 bits per heavy atom. The van der Waals surface area contributed by atoms with Gasteiger partial charge >= 0.3 is 0 Å². The van der Waals surface area contributed by atoms with Crippen LogP contribution in [0.1, 0.15) is 29.9 Å². The maximum absolute atomic E-state index is 12.6. The normalized spacial score (nSPS) is 15.4. The summed E-state index contributed by atoms with van der Waals surface area (Å²) >= 11 is 0. The van der Waals surface area contributed by atoms with Gasteiger partial charge in [-0.2, -0.15) is 0 Å². The van der Waals surface area contributed by atoms with Crippen molar-refractivity contribution >= 4 is 38.6 Å². The number of nitrogens with zero attached hydrogens (tertiary/aromatic N) is 1. The summed E-state index contributed by atoms with van der Waals surface area (Å²) in [6, 6.07) is 12.9. The molecule has 0 saturated carbocycles. The van der Waals surface area contributed by atoms with Gasteiger partial charge in [-0.15, -0.1) is 0 Å². The van der Waals surface area contributed by atoms with Crippen molar-refractivity contribution in [2.45, 2.75) is 18.8 Å². The zero-order valence-corrected chi connectivity index (χ0v) is 19.0. The molecule has 8 heteroatoms. The maximum atomic E-state index is 12.6. The molecule has 1 aliphatic heterocycles. The minimum absolute atomic E-state index is 0.0117. The molecule has 0 unspecified atom stereocenters. The van der Waals surface area contributed by atoms with E-state index in [1.807, 2.05) is 17.0 Å². The summed E-state index contributed by atoms with van der Waals surface area (Å²) in [5.41, 5.74) is 3.71. The first kappa shape index (κ1) is 22.0. The number of hydrogen-bond donors (Lipinski definition) is 2. The molecule has 1 aromatic heterocycles. The molecule has 1 amide bonds. The summed E-state index contributed by atoms with van der Waals surface area (Å²) in [5, 5.41) is 1.18. The van der Waals surface area contributed by atoms with Gasteiger partial charge in [0.05, 0.1) is 13.4 Å². The van der Waals surface area contributed by atoms with Crippen LogP contribution in [0, 0.1) is 0 Å². The van der Waals surface area contributed by atoms with Crippen molar-refractivity contribution in [3.63, 3.8) is 0 Å². The number of sulfonamides is 1. The molecule has 7 nitrogen and oxygen atoms in total. The largest absolute Gasteiger partial charge is 0.497 e. The molecule has 1 saturated heterocycles. The topological polar surface area (TPSA) is 91.5 Å². The molecule has 2 N–H and O–H groups in total. The van der Waals surface area contributed by atoms with Gasteiger partial charge in [-0.05, 0) is 66.3 Å². The maximum Gasteiger partial charge on any atom is 0.246 e. The number of fused-ring (bicyclic) bond motifs is 1. The van der Waals surface area contributed by atoms with Crippen LogP contribution in [0.5, 0.6) is 5.75 Å². The van der Waals surface area contributed by atoms with Gasteiger partial charge in [0.15, 0.2) is 0 Å². The lowest BCUT2D eigenvalue weighted by Gasteiger charge is -2.31. The molecule has 4 rings (SSSR count). The Bertz CT molecular complexity index is 1240. The van der Waals surface area contributed by atoms with Crippen molar-refractivity contribution in [3.8, 4) is 5.75 Å². The smallest absolute Gasteiger partial charge is 0.246 e. The molecule has 0 bridgehead atoms. The summed E-state index contributed by atoms with van der Waals surface area (Å²) in [7, 11) is -1.63. The SMILES string of the molecule is COc1ccc2[nH]cc(C3CCN(C(=O)/C=C/c4ccc(NS(C)(=O)=O)cc4)CC3)c2c1. The van der Waals surface area contributed by atoms with Crippen molar-refractivity contribution in [3.05, 3.63) is 65.9 Å². The van der Waals surface area contributed by atoms with Crippen LogP contribution in [0.4, 0.5) is 5.69 Å². The average molecular weight is 454 g/mol. The molecule has 0 aliphatic carbocycles. The number of H-pyrrole nitrogens is 1. The van der Waals surface area contributed by atoms with Crippen molar-refractivity contribution in [1.29, 1.82) is 0 Å². The fourth-order valence-corrected chi connectivity index (χ4v) is 4.71. The molecule has 2 aromatic carbocycles. The summed E-state index contributed by atoms with van der Waals surface area (Å²) in [4.78, 5) is 17.9. The predicted molar refractivity (Wildman–Crippen MR) is 127 cm³/mol. The number of methoxy groups -OCH3 is 1. The third kappa shape index (κ3) is 5.13. The molecule has 2 heterocycles. The molecule has 1 fully saturated rings. The number of piperidine rings is 1. The number of anilines is 1. The lowest BCUT2D eigenvalue weighted by atomic mass is 9.89. The fourth-order valence-electron chi connectivity index (χ4n) is 4.15. The number of nitrogens with one attached hydrogen (secondary N) is 2. The Hall–Kier alpha value is -3.26. The standard InChI is InChI=1S/C24H27N3O4S/c1-31-20-8-9-23-21(15-20)22(16-25-23)18-11-13-27(14-12-18)24(28)10-5-17-3-6-19(7-4-17)26-32(2,29)30/h3-10,15-16,18,25-26H,11-14H2,1-2H3/b10-5+. The third-order valence-corrected chi connectivity index (χ3v) is 6.41. The van der Waals surface area contributed by atoms with Gasteiger partial charge in [-0.1, -0.05) is 12.1 Å². The van der Waals surface area contributed by atoms with E-state index in [1.54, 1.807) is 43.5 Å². The lowest BCUT2D eigenvalue weighted by molar-refractivity contribution is -0.126. The van der Waals surface area contributed by atoms with Crippen LogP contribution in [0.15, 0.2) is 54.7 Å². The lowest BCUT2D eigenvalue weighted by Crippen LogP contribution is -2.36. The highest BCUT2D eigenvalue weighted by Crippen LogP contribution is 2.34. The second-order valence-electron chi connectivity index (χ2n) is 8.08. The number of aromatic amines is 1. The van der Waals surface area contributed by atoms with Gasteiger partial charge in [0, 0.05) is 42.0 Å². The quantitative estimate of drug-likeness (QED) is 0.553. The van der Waals surface area contributed by atoms with Gasteiger partial charge in [0.25, 0.3) is 0 Å². The number of carbonyl (C=O) groups excluding carboxylic acids is 1. The number of rotatable bonds is 6. The Balaban J connectivity index is 1.35. The highest BCUT2D eigenvalue weighted by atomic mass is 32.2. The number of likely N-dealkylation sites (tertiary alicyclic amines) is 1. The van der Waals surface area contributed by atoms with Gasteiger partial charge < -0.3 is 14.6 Å². The Labute approximate surface area is 188 Å². The second kappa shape index (κ2) is 9.08. The summed E-state index contributed by atoms with van der Waals surface area (Å²) in [6.45, 7) is 1.42. The van der Waals surface area contributed by atoms with Crippen LogP contribution in [-0.4, -0.2) is 50.7 Å². The molecule has 3 aromatic rings. The predicted octanol–water partition coefficient (Wildman–Crippen LogP) is 3.97. The zero-order valence-electron chi connectivity index (χ0n) is 18.2. The van der Waals surface area contributed by atoms with Crippen LogP contribution in [0.25, 0.3) is 17.0 Å². The number of aromatic nitrogens is 1. The Morgan fingerprint density at radius 3 is 2.53 bits per heavy atom.